The van der Waals surface area contributed by atoms with E-state index in [1.165, 1.54) is 0 Å². The molecule has 2 rings (SSSR count). The molecule has 1 aromatic carbocycles. The van der Waals surface area contributed by atoms with E-state index in [2.05, 4.69) is 4.98 Å². The lowest BCUT2D eigenvalue weighted by atomic mass is 10.1. The molecule has 1 atom stereocenters. The molecule has 3 N–H and O–H groups in total. The van der Waals surface area contributed by atoms with Gasteiger partial charge in [0.2, 0.25) is 0 Å². The van der Waals surface area contributed by atoms with E-state index in [1.807, 2.05) is 36.4 Å². The van der Waals surface area contributed by atoms with Crippen molar-refractivity contribution in [2.45, 2.75) is 11.0 Å². The largest absolute Gasteiger partial charge is 0.388 e. The topological polar surface area (TPSA) is 59.1 Å². The molecule has 2 aromatic rings. The lowest BCUT2D eigenvalue weighted by Gasteiger charge is -2.10. The number of thioether (sulfide) groups is 1. The number of rotatable bonds is 4. The monoisotopic (exact) mass is 246 g/mol. The average molecular weight is 246 g/mol. The second kappa shape index (κ2) is 5.70. The van der Waals surface area contributed by atoms with Crippen LogP contribution in [0.1, 0.15) is 11.7 Å². The van der Waals surface area contributed by atoms with Crippen LogP contribution < -0.4 is 5.73 Å². The molecular formula is C13H14N2OS. The van der Waals surface area contributed by atoms with E-state index in [0.29, 0.717) is 11.6 Å². The Morgan fingerprint density at radius 1 is 1.18 bits per heavy atom. The Labute approximate surface area is 105 Å². The highest BCUT2D eigenvalue weighted by Crippen LogP contribution is 2.24. The molecule has 0 saturated heterocycles. The first-order chi connectivity index (χ1) is 8.25. The summed E-state index contributed by atoms with van der Waals surface area (Å²) in [5.74, 6) is 1.12. The van der Waals surface area contributed by atoms with Gasteiger partial charge in [-0.2, -0.15) is 0 Å². The summed E-state index contributed by atoms with van der Waals surface area (Å²) in [5, 5.41) is 9.97. The number of anilines is 1. The first kappa shape index (κ1) is 12.0. The number of aliphatic hydroxyl groups is 1. The van der Waals surface area contributed by atoms with Gasteiger partial charge in [-0.1, -0.05) is 30.3 Å². The SMILES string of the molecule is Nc1ccc(SCC(O)c2ccccc2)cn1. The van der Waals surface area contributed by atoms with Crippen molar-refractivity contribution in [2.75, 3.05) is 11.5 Å². The van der Waals surface area contributed by atoms with Gasteiger partial charge < -0.3 is 10.8 Å². The minimum atomic E-state index is -0.459. The summed E-state index contributed by atoms with van der Waals surface area (Å²) in [6.07, 6.45) is 1.26. The van der Waals surface area contributed by atoms with Gasteiger partial charge in [-0.15, -0.1) is 11.8 Å². The van der Waals surface area contributed by atoms with Crippen molar-refractivity contribution >= 4 is 17.6 Å². The fraction of sp³-hybridized carbons (Fsp3) is 0.154. The van der Waals surface area contributed by atoms with E-state index < -0.39 is 6.10 Å². The number of pyridine rings is 1. The highest BCUT2D eigenvalue weighted by atomic mass is 32.2. The Kier molecular flexibility index (Phi) is 4.01. The van der Waals surface area contributed by atoms with E-state index >= 15 is 0 Å². The molecule has 0 aliphatic rings. The summed E-state index contributed by atoms with van der Waals surface area (Å²) < 4.78 is 0. The van der Waals surface area contributed by atoms with Crippen LogP contribution in [0.2, 0.25) is 0 Å². The van der Waals surface area contributed by atoms with Crippen LogP contribution in [0.3, 0.4) is 0 Å². The van der Waals surface area contributed by atoms with Gasteiger partial charge in [0.25, 0.3) is 0 Å². The highest BCUT2D eigenvalue weighted by Gasteiger charge is 2.07. The third-order valence-electron chi connectivity index (χ3n) is 2.35. The minimum Gasteiger partial charge on any atom is -0.388 e. The van der Waals surface area contributed by atoms with Gasteiger partial charge in [-0.25, -0.2) is 4.98 Å². The van der Waals surface area contributed by atoms with Crippen LogP contribution in [0.25, 0.3) is 0 Å². The van der Waals surface area contributed by atoms with Gasteiger partial charge in [0, 0.05) is 16.8 Å². The van der Waals surface area contributed by atoms with Crippen molar-refractivity contribution in [1.29, 1.82) is 0 Å². The zero-order valence-electron chi connectivity index (χ0n) is 9.28. The molecule has 1 unspecified atom stereocenters. The van der Waals surface area contributed by atoms with E-state index in [1.54, 1.807) is 24.0 Å². The van der Waals surface area contributed by atoms with E-state index in [4.69, 9.17) is 5.73 Å². The van der Waals surface area contributed by atoms with Gasteiger partial charge in [0.05, 0.1) is 6.10 Å². The number of aliphatic hydroxyl groups excluding tert-OH is 1. The predicted molar refractivity (Wildman–Crippen MR) is 70.8 cm³/mol. The summed E-state index contributed by atoms with van der Waals surface area (Å²) in [6.45, 7) is 0. The number of aromatic nitrogens is 1. The molecule has 1 aromatic heterocycles. The van der Waals surface area contributed by atoms with Gasteiger partial charge in [0.1, 0.15) is 5.82 Å². The Bertz CT molecular complexity index is 459. The quantitative estimate of drug-likeness (QED) is 0.814. The van der Waals surface area contributed by atoms with Crippen LogP contribution in [0.15, 0.2) is 53.6 Å². The van der Waals surface area contributed by atoms with Crippen LogP contribution in [0.4, 0.5) is 5.82 Å². The molecule has 3 nitrogen and oxygen atoms in total. The predicted octanol–water partition coefficient (Wildman–Crippen LogP) is 2.49. The molecule has 0 spiro atoms. The number of hydrogen-bond acceptors (Lipinski definition) is 4. The number of nitrogen functional groups attached to an aromatic ring is 1. The summed E-state index contributed by atoms with van der Waals surface area (Å²) in [6, 6.07) is 13.3. The Balaban J connectivity index is 1.92. The third-order valence-corrected chi connectivity index (χ3v) is 3.41. The standard InChI is InChI=1S/C13H14N2OS/c14-13-7-6-11(8-15-13)17-9-12(16)10-4-2-1-3-5-10/h1-8,12,16H,9H2,(H2,14,15). The fourth-order valence-electron chi connectivity index (χ4n) is 1.42. The molecular weight excluding hydrogens is 232 g/mol. The Hall–Kier alpha value is -1.52. The maximum Gasteiger partial charge on any atom is 0.123 e. The Morgan fingerprint density at radius 2 is 1.94 bits per heavy atom. The lowest BCUT2D eigenvalue weighted by Crippen LogP contribution is -2.00. The van der Waals surface area contributed by atoms with Gasteiger partial charge >= 0.3 is 0 Å². The molecule has 4 heteroatoms. The summed E-state index contributed by atoms with van der Waals surface area (Å²) in [7, 11) is 0. The molecule has 0 aliphatic carbocycles. The van der Waals surface area contributed by atoms with Crippen LogP contribution in [0.5, 0.6) is 0 Å². The lowest BCUT2D eigenvalue weighted by molar-refractivity contribution is 0.204. The van der Waals surface area contributed by atoms with E-state index in [0.717, 1.165) is 10.5 Å². The third kappa shape index (κ3) is 3.47. The van der Waals surface area contributed by atoms with Crippen molar-refractivity contribution in [3.05, 3.63) is 54.2 Å². The van der Waals surface area contributed by atoms with Crippen molar-refractivity contribution in [3.63, 3.8) is 0 Å². The highest BCUT2D eigenvalue weighted by molar-refractivity contribution is 7.99. The normalized spacial score (nSPS) is 12.3. The molecule has 0 amide bonds. The second-order valence-electron chi connectivity index (χ2n) is 3.66. The van der Waals surface area contributed by atoms with Crippen molar-refractivity contribution in [3.8, 4) is 0 Å². The molecule has 0 bridgehead atoms. The zero-order chi connectivity index (χ0) is 12.1. The maximum absolute atomic E-state index is 9.97. The first-order valence-corrected chi connectivity index (χ1v) is 6.31. The van der Waals surface area contributed by atoms with Crippen LogP contribution in [-0.2, 0) is 0 Å². The molecule has 0 radical (unpaired) electrons. The molecule has 0 aliphatic heterocycles. The molecule has 1 heterocycles. The summed E-state index contributed by atoms with van der Waals surface area (Å²) in [4.78, 5) is 5.01. The van der Waals surface area contributed by atoms with Crippen LogP contribution in [0, 0.1) is 0 Å². The number of nitrogens with zero attached hydrogens (tertiary/aromatic N) is 1. The van der Waals surface area contributed by atoms with Crippen molar-refractivity contribution < 1.29 is 5.11 Å². The summed E-state index contributed by atoms with van der Waals surface area (Å²) >= 11 is 1.56. The van der Waals surface area contributed by atoms with Gasteiger partial charge in [-0.3, -0.25) is 0 Å². The number of nitrogens with two attached hydrogens (primary N) is 1. The van der Waals surface area contributed by atoms with E-state index in [9.17, 15) is 5.11 Å². The first-order valence-electron chi connectivity index (χ1n) is 5.33. The number of benzene rings is 1. The van der Waals surface area contributed by atoms with Crippen LogP contribution in [-0.4, -0.2) is 15.8 Å². The van der Waals surface area contributed by atoms with Gasteiger partial charge in [0.15, 0.2) is 0 Å². The van der Waals surface area contributed by atoms with E-state index in [-0.39, 0.29) is 0 Å². The fourth-order valence-corrected chi connectivity index (χ4v) is 2.26. The Morgan fingerprint density at radius 3 is 2.59 bits per heavy atom. The van der Waals surface area contributed by atoms with Crippen LogP contribution >= 0.6 is 11.8 Å². The molecule has 88 valence electrons. The maximum atomic E-state index is 9.97. The minimum absolute atomic E-state index is 0.459. The van der Waals surface area contributed by atoms with Gasteiger partial charge in [-0.05, 0) is 17.7 Å². The molecule has 0 saturated carbocycles. The molecule has 17 heavy (non-hydrogen) atoms. The number of hydrogen-bond donors (Lipinski definition) is 2. The molecule has 0 fully saturated rings. The van der Waals surface area contributed by atoms with Crippen molar-refractivity contribution in [1.82, 2.24) is 4.98 Å². The smallest absolute Gasteiger partial charge is 0.123 e. The zero-order valence-corrected chi connectivity index (χ0v) is 10.1. The second-order valence-corrected chi connectivity index (χ2v) is 4.75. The van der Waals surface area contributed by atoms with Crippen molar-refractivity contribution in [2.24, 2.45) is 0 Å². The summed E-state index contributed by atoms with van der Waals surface area (Å²) in [5.41, 5.74) is 6.44. The average Bonchev–Trinajstić information content (AvgIpc) is 2.39.